The Balaban J connectivity index is 1.68. The molecule has 1 amide bonds. The van der Waals surface area contributed by atoms with Crippen LogP contribution in [0, 0.1) is 11.8 Å². The quantitative estimate of drug-likeness (QED) is 0.532. The third-order valence-corrected chi connectivity index (χ3v) is 6.30. The number of benzene rings is 1. The molecule has 1 aromatic carbocycles. The van der Waals surface area contributed by atoms with E-state index in [9.17, 15) is 4.79 Å². The standard InChI is InChI=1S/C24H39N5O/c1-3-26-24(29-13-7-9-20(17-29)14-23(25)30)27-15-21-10-4-5-11-22(21)18-28-12-6-8-19(2)16-28/h4-5,10-11,19-20H,3,6-9,12-18H2,1-2H3,(H2,25,30)(H,26,27). The van der Waals surface area contributed by atoms with Crippen molar-refractivity contribution in [3.63, 3.8) is 0 Å². The molecule has 166 valence electrons. The molecule has 1 aromatic rings. The second-order valence-electron chi connectivity index (χ2n) is 9.05. The summed E-state index contributed by atoms with van der Waals surface area (Å²) in [6.45, 7) is 11.2. The topological polar surface area (TPSA) is 74.0 Å². The number of likely N-dealkylation sites (tertiary alicyclic amines) is 2. The summed E-state index contributed by atoms with van der Waals surface area (Å²) in [5.74, 6) is 1.86. The lowest BCUT2D eigenvalue weighted by atomic mass is 9.95. The van der Waals surface area contributed by atoms with Crippen LogP contribution in [0.25, 0.3) is 0 Å². The van der Waals surface area contributed by atoms with E-state index in [4.69, 9.17) is 10.7 Å². The molecule has 3 rings (SSSR count). The SMILES string of the molecule is CCNC(=NCc1ccccc1CN1CCCC(C)C1)N1CCCC(CC(N)=O)C1. The van der Waals surface area contributed by atoms with Gasteiger partial charge in [-0.1, -0.05) is 31.2 Å². The van der Waals surface area contributed by atoms with E-state index in [0.29, 0.717) is 18.9 Å². The molecule has 30 heavy (non-hydrogen) atoms. The van der Waals surface area contributed by atoms with E-state index < -0.39 is 0 Å². The number of rotatable bonds is 7. The van der Waals surface area contributed by atoms with Gasteiger partial charge in [-0.3, -0.25) is 9.69 Å². The van der Waals surface area contributed by atoms with Gasteiger partial charge >= 0.3 is 0 Å². The van der Waals surface area contributed by atoms with Gasteiger partial charge in [-0.2, -0.15) is 0 Å². The van der Waals surface area contributed by atoms with Crippen molar-refractivity contribution in [1.82, 2.24) is 15.1 Å². The van der Waals surface area contributed by atoms with Crippen LogP contribution in [0.3, 0.4) is 0 Å². The van der Waals surface area contributed by atoms with Crippen molar-refractivity contribution >= 4 is 11.9 Å². The summed E-state index contributed by atoms with van der Waals surface area (Å²) in [5.41, 5.74) is 8.12. The lowest BCUT2D eigenvalue weighted by molar-refractivity contribution is -0.119. The van der Waals surface area contributed by atoms with Crippen LogP contribution >= 0.6 is 0 Å². The van der Waals surface area contributed by atoms with Crippen LogP contribution in [0.2, 0.25) is 0 Å². The third kappa shape index (κ3) is 6.73. The molecule has 6 heteroatoms. The van der Waals surface area contributed by atoms with Crippen LogP contribution in [0.4, 0.5) is 0 Å². The molecule has 0 saturated carbocycles. The fourth-order valence-electron chi connectivity index (χ4n) is 4.83. The van der Waals surface area contributed by atoms with Crippen LogP contribution in [-0.4, -0.2) is 54.4 Å². The number of nitrogens with two attached hydrogens (primary N) is 1. The summed E-state index contributed by atoms with van der Waals surface area (Å²) >= 11 is 0. The summed E-state index contributed by atoms with van der Waals surface area (Å²) in [6, 6.07) is 8.72. The fourth-order valence-corrected chi connectivity index (χ4v) is 4.83. The fraction of sp³-hybridized carbons (Fsp3) is 0.667. The number of amides is 1. The molecule has 2 unspecified atom stereocenters. The average Bonchev–Trinajstić information content (AvgIpc) is 2.72. The minimum absolute atomic E-state index is 0.204. The number of carbonyl (C=O) groups is 1. The summed E-state index contributed by atoms with van der Waals surface area (Å²) in [6.07, 6.45) is 5.25. The van der Waals surface area contributed by atoms with E-state index in [-0.39, 0.29) is 5.91 Å². The van der Waals surface area contributed by atoms with E-state index in [0.717, 1.165) is 50.9 Å². The molecule has 3 N–H and O–H groups in total. The van der Waals surface area contributed by atoms with E-state index in [1.165, 1.54) is 37.1 Å². The van der Waals surface area contributed by atoms with Crippen molar-refractivity contribution in [3.8, 4) is 0 Å². The maximum absolute atomic E-state index is 11.4. The van der Waals surface area contributed by atoms with E-state index in [1.54, 1.807) is 0 Å². The van der Waals surface area contributed by atoms with Gasteiger partial charge in [0.2, 0.25) is 5.91 Å². The van der Waals surface area contributed by atoms with Crippen LogP contribution < -0.4 is 11.1 Å². The first-order valence-electron chi connectivity index (χ1n) is 11.7. The Kier molecular flexibility index (Phi) is 8.55. The van der Waals surface area contributed by atoms with Gasteiger partial charge in [0.15, 0.2) is 5.96 Å². The average molecular weight is 414 g/mol. The molecule has 2 saturated heterocycles. The molecule has 2 atom stereocenters. The highest BCUT2D eigenvalue weighted by molar-refractivity contribution is 5.80. The molecule has 0 bridgehead atoms. The van der Waals surface area contributed by atoms with E-state index in [1.807, 2.05) is 0 Å². The van der Waals surface area contributed by atoms with E-state index >= 15 is 0 Å². The molecule has 2 aliphatic heterocycles. The van der Waals surface area contributed by atoms with Crippen molar-refractivity contribution in [2.45, 2.75) is 59.0 Å². The molecule has 6 nitrogen and oxygen atoms in total. The van der Waals surface area contributed by atoms with Crippen molar-refractivity contribution < 1.29 is 4.79 Å². The summed E-state index contributed by atoms with van der Waals surface area (Å²) in [7, 11) is 0. The molecular formula is C24H39N5O. The van der Waals surface area contributed by atoms with Crippen molar-refractivity contribution in [2.24, 2.45) is 22.6 Å². The zero-order chi connectivity index (χ0) is 21.3. The first kappa shape index (κ1) is 22.6. The maximum atomic E-state index is 11.4. The number of aliphatic imine (C=N–C) groups is 1. The number of guanidine groups is 1. The molecule has 2 aliphatic rings. The third-order valence-electron chi connectivity index (χ3n) is 6.30. The first-order valence-corrected chi connectivity index (χ1v) is 11.7. The zero-order valence-electron chi connectivity index (χ0n) is 18.8. The molecule has 0 spiro atoms. The summed E-state index contributed by atoms with van der Waals surface area (Å²) in [4.78, 5) is 21.2. The van der Waals surface area contributed by atoms with Crippen LogP contribution in [0.5, 0.6) is 0 Å². The van der Waals surface area contributed by atoms with Gasteiger partial charge in [-0.15, -0.1) is 0 Å². The van der Waals surface area contributed by atoms with Crippen molar-refractivity contribution in [2.75, 3.05) is 32.7 Å². The van der Waals surface area contributed by atoms with Crippen LogP contribution in [-0.2, 0) is 17.9 Å². The second kappa shape index (κ2) is 11.3. The lowest BCUT2D eigenvalue weighted by Gasteiger charge is -2.34. The number of nitrogens with zero attached hydrogens (tertiary/aromatic N) is 3. The van der Waals surface area contributed by atoms with Gasteiger partial charge < -0.3 is 16.0 Å². The zero-order valence-corrected chi connectivity index (χ0v) is 18.8. The highest BCUT2D eigenvalue weighted by Crippen LogP contribution is 2.21. The minimum atomic E-state index is -0.204. The van der Waals surface area contributed by atoms with Gasteiger partial charge in [0.05, 0.1) is 6.54 Å². The largest absolute Gasteiger partial charge is 0.370 e. The molecule has 0 aromatic heterocycles. The van der Waals surface area contributed by atoms with Gasteiger partial charge in [-0.05, 0) is 62.1 Å². The second-order valence-corrected chi connectivity index (χ2v) is 9.05. The predicted octanol–water partition coefficient (Wildman–Crippen LogP) is 2.97. The first-order chi connectivity index (χ1) is 14.5. The molecule has 2 heterocycles. The molecular weight excluding hydrogens is 374 g/mol. The van der Waals surface area contributed by atoms with Crippen LogP contribution in [0.1, 0.15) is 57.1 Å². The van der Waals surface area contributed by atoms with E-state index in [2.05, 4.69) is 53.2 Å². The Morgan fingerprint density at radius 1 is 1.17 bits per heavy atom. The van der Waals surface area contributed by atoms with Gasteiger partial charge in [0.25, 0.3) is 0 Å². The minimum Gasteiger partial charge on any atom is -0.370 e. The number of hydrogen-bond acceptors (Lipinski definition) is 3. The monoisotopic (exact) mass is 413 g/mol. The Morgan fingerprint density at radius 2 is 1.93 bits per heavy atom. The van der Waals surface area contributed by atoms with Gasteiger partial charge in [-0.25, -0.2) is 4.99 Å². The normalized spacial score (nSPS) is 23.4. The van der Waals surface area contributed by atoms with Gasteiger partial charge in [0, 0.05) is 39.1 Å². The summed E-state index contributed by atoms with van der Waals surface area (Å²) in [5, 5.41) is 3.45. The highest BCUT2D eigenvalue weighted by Gasteiger charge is 2.23. The number of nitrogens with one attached hydrogen (secondary N) is 1. The van der Waals surface area contributed by atoms with Crippen LogP contribution in [0.15, 0.2) is 29.3 Å². The molecule has 2 fully saturated rings. The van der Waals surface area contributed by atoms with Crippen molar-refractivity contribution in [3.05, 3.63) is 35.4 Å². The molecule has 0 aliphatic carbocycles. The number of hydrogen-bond donors (Lipinski definition) is 2. The number of piperidine rings is 2. The van der Waals surface area contributed by atoms with Gasteiger partial charge in [0.1, 0.15) is 0 Å². The summed E-state index contributed by atoms with van der Waals surface area (Å²) < 4.78 is 0. The lowest BCUT2D eigenvalue weighted by Crippen LogP contribution is -2.47. The predicted molar refractivity (Wildman–Crippen MR) is 123 cm³/mol. The Labute approximate surface area is 181 Å². The maximum Gasteiger partial charge on any atom is 0.217 e. The molecule has 0 radical (unpaired) electrons. The Morgan fingerprint density at radius 3 is 2.67 bits per heavy atom. The Bertz CT molecular complexity index is 719. The number of carbonyl (C=O) groups excluding carboxylic acids is 1. The van der Waals surface area contributed by atoms with Crippen molar-refractivity contribution in [1.29, 1.82) is 0 Å². The Hall–Kier alpha value is -2.08. The highest BCUT2D eigenvalue weighted by atomic mass is 16.1. The number of primary amides is 1. The smallest absolute Gasteiger partial charge is 0.217 e.